The lowest BCUT2D eigenvalue weighted by Crippen LogP contribution is -2.49. The molecule has 1 unspecified atom stereocenters. The molecule has 152 valence electrons. The van der Waals surface area contributed by atoms with Crippen LogP contribution in [0.25, 0.3) is 5.70 Å². The highest BCUT2D eigenvalue weighted by atomic mass is 32.2. The summed E-state index contributed by atoms with van der Waals surface area (Å²) >= 11 is 0. The van der Waals surface area contributed by atoms with Gasteiger partial charge in [-0.3, -0.25) is 9.78 Å². The number of rotatable bonds is 7. The number of sulfone groups is 1. The van der Waals surface area contributed by atoms with Gasteiger partial charge < -0.3 is 15.6 Å². The maximum absolute atomic E-state index is 13.0. The minimum absolute atomic E-state index is 0.110. The smallest absolute Gasteiger partial charge is 0.244 e. The number of carbonyl (C=O) groups is 1. The minimum Gasteiger partial charge on any atom is -0.329 e. The molecule has 1 aliphatic rings. The van der Waals surface area contributed by atoms with Gasteiger partial charge in [0.25, 0.3) is 0 Å². The summed E-state index contributed by atoms with van der Waals surface area (Å²) in [6, 6.07) is 12.5. The molecule has 1 aromatic heterocycles. The van der Waals surface area contributed by atoms with E-state index in [9.17, 15) is 13.2 Å². The normalized spacial score (nSPS) is 17.9. The second-order valence-corrected chi connectivity index (χ2v) is 8.73. The summed E-state index contributed by atoms with van der Waals surface area (Å²) in [5.74, 6) is 5.60. The highest BCUT2D eigenvalue weighted by molar-refractivity contribution is 7.94. The second kappa shape index (κ2) is 8.99. The highest BCUT2D eigenvalue weighted by Gasteiger charge is 2.30. The van der Waals surface area contributed by atoms with E-state index >= 15 is 0 Å². The molecule has 0 aliphatic carbocycles. The van der Waals surface area contributed by atoms with E-state index in [1.54, 1.807) is 36.8 Å². The first kappa shape index (κ1) is 20.7. The summed E-state index contributed by atoms with van der Waals surface area (Å²) in [6.45, 7) is 0.153. The summed E-state index contributed by atoms with van der Waals surface area (Å²) in [6.07, 6.45) is 6.40. The number of amides is 1. The van der Waals surface area contributed by atoms with Crippen molar-refractivity contribution in [2.45, 2.75) is 12.6 Å². The molecule has 2 aromatic rings. The molecule has 0 fully saturated rings. The molecule has 8 nitrogen and oxygen atoms in total. The molecule has 1 atom stereocenters. The summed E-state index contributed by atoms with van der Waals surface area (Å²) in [5, 5.41) is 2.43. The molecule has 3 rings (SSSR count). The van der Waals surface area contributed by atoms with Crippen LogP contribution in [0.4, 0.5) is 0 Å². The fourth-order valence-electron chi connectivity index (χ4n) is 3.05. The van der Waals surface area contributed by atoms with Gasteiger partial charge in [-0.2, -0.15) is 0 Å². The van der Waals surface area contributed by atoms with Crippen molar-refractivity contribution in [1.82, 2.24) is 14.9 Å². The van der Waals surface area contributed by atoms with Crippen molar-refractivity contribution >= 4 is 21.4 Å². The molecule has 0 spiro atoms. The predicted octanol–water partition coefficient (Wildman–Crippen LogP) is 0.137. The van der Waals surface area contributed by atoms with Crippen LogP contribution < -0.4 is 11.6 Å². The van der Waals surface area contributed by atoms with E-state index in [-0.39, 0.29) is 24.7 Å². The van der Waals surface area contributed by atoms with Gasteiger partial charge in [-0.25, -0.2) is 14.3 Å². The van der Waals surface area contributed by atoms with E-state index in [0.717, 1.165) is 16.5 Å². The molecule has 1 amide bonds. The molecular formula is C20H24N5O3S+. The first-order valence-corrected chi connectivity index (χ1v) is 10.8. The van der Waals surface area contributed by atoms with Crippen molar-refractivity contribution in [2.24, 2.45) is 5.84 Å². The number of hydrazine groups is 1. The van der Waals surface area contributed by atoms with E-state index < -0.39 is 15.9 Å². The van der Waals surface area contributed by atoms with Gasteiger partial charge in [-0.05, 0) is 35.9 Å². The topological polar surface area (TPSA) is 124 Å². The molecule has 5 N–H and O–H groups in total. The van der Waals surface area contributed by atoms with Crippen LogP contribution in [0, 0.1) is 0 Å². The lowest BCUT2D eigenvalue weighted by molar-refractivity contribution is -0.245. The van der Waals surface area contributed by atoms with E-state index in [0.29, 0.717) is 5.70 Å². The Morgan fingerprint density at radius 2 is 1.90 bits per heavy atom. The van der Waals surface area contributed by atoms with Crippen LogP contribution in [-0.2, 0) is 21.2 Å². The highest BCUT2D eigenvalue weighted by Crippen LogP contribution is 2.18. The Labute approximate surface area is 170 Å². The van der Waals surface area contributed by atoms with Crippen LogP contribution in [0.15, 0.2) is 72.5 Å². The third-order valence-corrected chi connectivity index (χ3v) is 5.90. The Balaban J connectivity index is 1.74. The number of nitrogens with two attached hydrogens (primary N) is 1. The zero-order valence-corrected chi connectivity index (χ0v) is 16.7. The number of carbonyl (C=O) groups excluding carboxylic acids is 1. The zero-order valence-electron chi connectivity index (χ0n) is 15.9. The average Bonchev–Trinajstić information content (AvgIpc) is 3.06. The number of aromatic nitrogens is 1. The van der Waals surface area contributed by atoms with Gasteiger partial charge in [-0.1, -0.05) is 18.2 Å². The van der Waals surface area contributed by atoms with E-state index in [1.165, 1.54) is 9.91 Å². The molecular weight excluding hydrogens is 390 g/mol. The molecule has 0 radical (unpaired) electrons. The summed E-state index contributed by atoms with van der Waals surface area (Å²) in [4.78, 5) is 18.5. The van der Waals surface area contributed by atoms with Gasteiger partial charge in [0, 0.05) is 29.9 Å². The van der Waals surface area contributed by atoms with Crippen LogP contribution in [0.3, 0.4) is 0 Å². The molecule has 1 aromatic carbocycles. The molecule has 0 bridgehead atoms. The average molecular weight is 415 g/mol. The van der Waals surface area contributed by atoms with Gasteiger partial charge in [0.15, 0.2) is 15.5 Å². The number of quaternary nitrogens is 1. The van der Waals surface area contributed by atoms with E-state index in [2.05, 4.69) is 10.7 Å². The second-order valence-electron chi connectivity index (χ2n) is 6.80. The van der Waals surface area contributed by atoms with Crippen molar-refractivity contribution in [3.05, 3.63) is 83.7 Å². The van der Waals surface area contributed by atoms with Gasteiger partial charge in [0.1, 0.15) is 6.54 Å². The molecule has 0 saturated carbocycles. The van der Waals surface area contributed by atoms with E-state index in [1.807, 2.05) is 30.3 Å². The number of pyridine rings is 1. The van der Waals surface area contributed by atoms with Crippen LogP contribution in [0.2, 0.25) is 0 Å². The van der Waals surface area contributed by atoms with Crippen LogP contribution >= 0.6 is 0 Å². The van der Waals surface area contributed by atoms with Crippen molar-refractivity contribution in [3.63, 3.8) is 0 Å². The number of hydrogen-bond donors (Lipinski definition) is 2. The van der Waals surface area contributed by atoms with Crippen molar-refractivity contribution in [1.29, 1.82) is 0 Å². The Bertz CT molecular complexity index is 1010. The van der Waals surface area contributed by atoms with Crippen LogP contribution in [0.5, 0.6) is 0 Å². The Kier molecular flexibility index (Phi) is 6.42. The minimum atomic E-state index is -3.30. The lowest BCUT2D eigenvalue weighted by atomic mass is 10.2. The fourth-order valence-corrected chi connectivity index (χ4v) is 4.35. The number of nitrogens with zero attached hydrogens (tertiary/aromatic N) is 3. The third-order valence-electron chi connectivity index (χ3n) is 4.52. The Hall–Kier alpha value is -3.01. The molecule has 0 saturated heterocycles. The van der Waals surface area contributed by atoms with Crippen LogP contribution in [-0.4, -0.2) is 47.6 Å². The fraction of sp³-hybridized carbons (Fsp3) is 0.200. The standard InChI is InChI=1S/C20H23N5O3S/c21-19(17-4-2-1-3-5-17)13-24(22)14-20(26)25(12-16-6-9-23-10-7-16)18-8-11-29(27,28)15-18/h1-11,13,18H,12,14-15,21-22H2/p+1/b19-13-. The van der Waals surface area contributed by atoms with E-state index in [4.69, 9.17) is 5.84 Å². The van der Waals surface area contributed by atoms with Crippen molar-refractivity contribution in [2.75, 3.05) is 12.3 Å². The Morgan fingerprint density at radius 1 is 1.21 bits per heavy atom. The first-order valence-electron chi connectivity index (χ1n) is 9.04. The van der Waals surface area contributed by atoms with Crippen LogP contribution in [0.1, 0.15) is 11.1 Å². The quantitative estimate of drug-likeness (QED) is 0.490. The summed E-state index contributed by atoms with van der Waals surface area (Å²) in [7, 11) is -3.30. The number of hydrogen-bond acceptors (Lipinski definition) is 6. The van der Waals surface area contributed by atoms with Gasteiger partial charge in [0.2, 0.25) is 5.91 Å². The third kappa shape index (κ3) is 5.74. The SMILES string of the molecule is NN(/C=C(\[NH3+])c1ccccc1)CC(=O)N(Cc1ccncc1)C1C=CS(=O)(=O)C1. The zero-order chi connectivity index (χ0) is 20.9. The summed E-state index contributed by atoms with van der Waals surface area (Å²) in [5.41, 5.74) is 6.40. The predicted molar refractivity (Wildman–Crippen MR) is 110 cm³/mol. The largest absolute Gasteiger partial charge is 0.329 e. The molecule has 1 aliphatic heterocycles. The molecule has 29 heavy (non-hydrogen) atoms. The number of benzene rings is 1. The Morgan fingerprint density at radius 3 is 2.52 bits per heavy atom. The maximum atomic E-state index is 13.0. The monoisotopic (exact) mass is 414 g/mol. The maximum Gasteiger partial charge on any atom is 0.244 e. The molecule has 2 heterocycles. The lowest BCUT2D eigenvalue weighted by Gasteiger charge is -2.29. The van der Waals surface area contributed by atoms with Gasteiger partial charge in [-0.15, -0.1) is 0 Å². The van der Waals surface area contributed by atoms with Crippen molar-refractivity contribution < 1.29 is 18.9 Å². The van der Waals surface area contributed by atoms with Gasteiger partial charge >= 0.3 is 0 Å². The van der Waals surface area contributed by atoms with Gasteiger partial charge in [0.05, 0.1) is 18.0 Å². The summed E-state index contributed by atoms with van der Waals surface area (Å²) < 4.78 is 23.7. The van der Waals surface area contributed by atoms with Crippen molar-refractivity contribution in [3.8, 4) is 0 Å². The molecule has 9 heteroatoms. The first-order chi connectivity index (χ1) is 13.8.